The van der Waals surface area contributed by atoms with E-state index >= 15 is 0 Å². The Bertz CT molecular complexity index is 1080. The number of nitrogens with zero attached hydrogens (tertiary/aromatic N) is 2. The summed E-state index contributed by atoms with van der Waals surface area (Å²) in [6.45, 7) is 0. The van der Waals surface area contributed by atoms with Gasteiger partial charge < -0.3 is 14.2 Å². The minimum Gasteiger partial charge on any atom is -0.497 e. The van der Waals surface area contributed by atoms with Crippen molar-refractivity contribution in [2.75, 3.05) is 7.11 Å². The van der Waals surface area contributed by atoms with Gasteiger partial charge in [0.05, 0.1) is 12.0 Å². The second-order valence-corrected chi connectivity index (χ2v) is 6.97. The SMILES string of the molecule is COc1ccc(C2=NC(=Cc3sc(Oc4ccccc4)nc3Cl)C(=O)O2)cc1. The third-order valence-corrected chi connectivity index (χ3v) is 5.04. The fourth-order valence-electron chi connectivity index (χ4n) is 2.41. The minimum atomic E-state index is -0.555. The van der Waals surface area contributed by atoms with E-state index in [9.17, 15) is 4.79 Å². The van der Waals surface area contributed by atoms with Gasteiger partial charge in [-0.2, -0.15) is 4.98 Å². The number of carbonyl (C=O) groups excluding carboxylic acids is 1. The Morgan fingerprint density at radius 1 is 1.07 bits per heavy atom. The number of halogens is 1. The lowest BCUT2D eigenvalue weighted by molar-refractivity contribution is -0.129. The number of methoxy groups -OCH3 is 1. The highest BCUT2D eigenvalue weighted by Gasteiger charge is 2.25. The first kappa shape index (κ1) is 18.2. The summed E-state index contributed by atoms with van der Waals surface area (Å²) in [5.74, 6) is 1.01. The average molecular weight is 413 g/mol. The normalized spacial score (nSPS) is 14.7. The van der Waals surface area contributed by atoms with Crippen molar-refractivity contribution < 1.29 is 19.0 Å². The molecular weight excluding hydrogens is 400 g/mol. The van der Waals surface area contributed by atoms with Crippen molar-refractivity contribution in [3.8, 4) is 16.7 Å². The van der Waals surface area contributed by atoms with E-state index in [1.165, 1.54) is 17.4 Å². The quantitative estimate of drug-likeness (QED) is 0.438. The van der Waals surface area contributed by atoms with Crippen molar-refractivity contribution in [1.82, 2.24) is 4.98 Å². The van der Waals surface area contributed by atoms with Crippen molar-refractivity contribution in [3.05, 3.63) is 75.9 Å². The number of esters is 1. The zero-order chi connectivity index (χ0) is 19.5. The number of aromatic nitrogens is 1. The number of rotatable bonds is 5. The van der Waals surface area contributed by atoms with Crippen molar-refractivity contribution in [2.24, 2.45) is 4.99 Å². The summed E-state index contributed by atoms with van der Waals surface area (Å²) >= 11 is 7.39. The van der Waals surface area contributed by atoms with Crippen molar-refractivity contribution >= 4 is 40.9 Å². The van der Waals surface area contributed by atoms with Crippen LogP contribution in [-0.2, 0) is 9.53 Å². The zero-order valence-electron chi connectivity index (χ0n) is 14.6. The second-order valence-electron chi connectivity index (χ2n) is 5.61. The third kappa shape index (κ3) is 3.90. The molecule has 0 N–H and O–H groups in total. The first-order chi connectivity index (χ1) is 13.6. The van der Waals surface area contributed by atoms with E-state index in [0.29, 0.717) is 27.1 Å². The van der Waals surface area contributed by atoms with Crippen LogP contribution in [0, 0.1) is 0 Å². The number of carbonyl (C=O) groups is 1. The lowest BCUT2D eigenvalue weighted by Crippen LogP contribution is -2.05. The molecule has 0 spiro atoms. The summed E-state index contributed by atoms with van der Waals surface area (Å²) in [7, 11) is 1.58. The van der Waals surface area contributed by atoms with Gasteiger partial charge >= 0.3 is 5.97 Å². The molecule has 140 valence electrons. The van der Waals surface area contributed by atoms with Gasteiger partial charge in [0.2, 0.25) is 5.90 Å². The summed E-state index contributed by atoms with van der Waals surface area (Å²) in [5, 5.41) is 0.595. The lowest BCUT2D eigenvalue weighted by Gasteiger charge is -2.01. The summed E-state index contributed by atoms with van der Waals surface area (Å²) in [4.78, 5) is 21.2. The van der Waals surface area contributed by atoms with Crippen molar-refractivity contribution in [1.29, 1.82) is 0 Å². The number of thiazole rings is 1. The van der Waals surface area contributed by atoms with Gasteiger partial charge in [-0.05, 0) is 42.5 Å². The Labute approximate surface area is 169 Å². The second kappa shape index (κ2) is 7.84. The van der Waals surface area contributed by atoms with E-state index in [2.05, 4.69) is 9.98 Å². The fourth-order valence-corrected chi connectivity index (χ4v) is 3.47. The Balaban J connectivity index is 1.57. The van der Waals surface area contributed by atoms with Crippen LogP contribution in [0.4, 0.5) is 0 Å². The first-order valence-corrected chi connectivity index (χ1v) is 9.38. The van der Waals surface area contributed by atoms with E-state index in [1.54, 1.807) is 31.4 Å². The summed E-state index contributed by atoms with van der Waals surface area (Å²) in [6, 6.07) is 16.3. The largest absolute Gasteiger partial charge is 0.497 e. The molecule has 1 aromatic heterocycles. The average Bonchev–Trinajstić information content (AvgIpc) is 3.25. The molecule has 0 atom stereocenters. The number of para-hydroxylation sites is 1. The summed E-state index contributed by atoms with van der Waals surface area (Å²) < 4.78 is 16.1. The Hall–Kier alpha value is -3.16. The Kier molecular flexibility index (Phi) is 5.10. The van der Waals surface area contributed by atoms with Crippen LogP contribution in [0.25, 0.3) is 6.08 Å². The van der Waals surface area contributed by atoms with Crippen LogP contribution in [0.5, 0.6) is 16.7 Å². The van der Waals surface area contributed by atoms with Gasteiger partial charge in [-0.25, -0.2) is 9.79 Å². The van der Waals surface area contributed by atoms with Crippen molar-refractivity contribution in [3.63, 3.8) is 0 Å². The predicted octanol–water partition coefficient (Wildman–Crippen LogP) is 4.94. The molecule has 0 radical (unpaired) electrons. The molecule has 1 aliphatic heterocycles. The Morgan fingerprint density at radius 2 is 1.82 bits per heavy atom. The van der Waals surface area contributed by atoms with Crippen molar-refractivity contribution in [2.45, 2.75) is 0 Å². The maximum absolute atomic E-state index is 12.2. The van der Waals surface area contributed by atoms with E-state index in [1.807, 2.05) is 30.3 Å². The molecule has 0 bridgehead atoms. The lowest BCUT2D eigenvalue weighted by atomic mass is 10.2. The molecule has 0 fully saturated rings. The predicted molar refractivity (Wildman–Crippen MR) is 107 cm³/mol. The minimum absolute atomic E-state index is 0.141. The number of cyclic esters (lactones) is 1. The van der Waals surface area contributed by atoms with Gasteiger partial charge in [-0.15, -0.1) is 0 Å². The summed E-state index contributed by atoms with van der Waals surface area (Å²) in [6.07, 6.45) is 1.54. The standard InChI is InChI=1S/C20H13ClN2O4S/c1-25-13-9-7-12(8-10-13)18-22-15(19(24)27-18)11-16-17(21)23-20(28-16)26-14-5-3-2-4-6-14/h2-11H,1H3. The molecule has 0 unspecified atom stereocenters. The molecule has 0 saturated carbocycles. The number of hydrogen-bond donors (Lipinski definition) is 0. The molecule has 6 nitrogen and oxygen atoms in total. The zero-order valence-corrected chi connectivity index (χ0v) is 16.2. The fraction of sp³-hybridized carbons (Fsp3) is 0.0500. The highest BCUT2D eigenvalue weighted by molar-refractivity contribution is 7.14. The molecule has 3 aromatic rings. The van der Waals surface area contributed by atoms with E-state index < -0.39 is 5.97 Å². The van der Waals surface area contributed by atoms with Crippen LogP contribution in [0.3, 0.4) is 0 Å². The molecule has 28 heavy (non-hydrogen) atoms. The van der Waals surface area contributed by atoms with Crippen LogP contribution in [0.1, 0.15) is 10.4 Å². The van der Waals surface area contributed by atoms with Crippen LogP contribution >= 0.6 is 22.9 Å². The van der Waals surface area contributed by atoms with Crippen LogP contribution in [0.2, 0.25) is 5.15 Å². The van der Waals surface area contributed by atoms with Gasteiger partial charge in [-0.3, -0.25) is 0 Å². The van der Waals surface area contributed by atoms with Crippen LogP contribution in [-0.4, -0.2) is 24.0 Å². The number of aliphatic imine (C=N–C) groups is 1. The molecule has 2 heterocycles. The van der Waals surface area contributed by atoms with Gasteiger partial charge in [-0.1, -0.05) is 41.1 Å². The smallest absolute Gasteiger partial charge is 0.363 e. The van der Waals surface area contributed by atoms with E-state index in [4.69, 9.17) is 25.8 Å². The van der Waals surface area contributed by atoms with Gasteiger partial charge in [0.15, 0.2) is 10.9 Å². The molecule has 2 aromatic carbocycles. The third-order valence-electron chi connectivity index (χ3n) is 3.76. The molecule has 0 amide bonds. The Morgan fingerprint density at radius 3 is 2.54 bits per heavy atom. The highest BCUT2D eigenvalue weighted by Crippen LogP contribution is 2.34. The molecular formula is C20H13ClN2O4S. The molecule has 0 aliphatic carbocycles. The van der Waals surface area contributed by atoms with Gasteiger partial charge in [0.1, 0.15) is 11.5 Å². The van der Waals surface area contributed by atoms with Crippen LogP contribution in [0.15, 0.2) is 65.3 Å². The highest BCUT2D eigenvalue weighted by atomic mass is 35.5. The summed E-state index contributed by atoms with van der Waals surface area (Å²) in [5.41, 5.74) is 0.809. The maximum atomic E-state index is 12.2. The molecule has 0 saturated heterocycles. The number of hydrogen-bond acceptors (Lipinski definition) is 7. The van der Waals surface area contributed by atoms with E-state index in [-0.39, 0.29) is 16.7 Å². The van der Waals surface area contributed by atoms with E-state index in [0.717, 1.165) is 0 Å². The molecule has 4 rings (SSSR count). The number of benzene rings is 2. The van der Waals surface area contributed by atoms with Gasteiger partial charge in [0, 0.05) is 5.56 Å². The maximum Gasteiger partial charge on any atom is 0.363 e. The number of ether oxygens (including phenoxy) is 3. The molecule has 8 heteroatoms. The molecule has 1 aliphatic rings. The topological polar surface area (TPSA) is 70.0 Å². The first-order valence-electron chi connectivity index (χ1n) is 8.18. The monoisotopic (exact) mass is 412 g/mol. The van der Waals surface area contributed by atoms with Crippen LogP contribution < -0.4 is 9.47 Å². The van der Waals surface area contributed by atoms with Gasteiger partial charge in [0.25, 0.3) is 5.19 Å².